The van der Waals surface area contributed by atoms with Gasteiger partial charge in [0.15, 0.2) is 12.4 Å². The first kappa shape index (κ1) is 19.0. The predicted molar refractivity (Wildman–Crippen MR) is 97.2 cm³/mol. The summed E-state index contributed by atoms with van der Waals surface area (Å²) >= 11 is 0. The van der Waals surface area contributed by atoms with Gasteiger partial charge in [-0.05, 0) is 22.9 Å². The Balaban J connectivity index is 1.51. The smallest absolute Gasteiger partial charge is 0.307 e. The fourth-order valence-electron chi connectivity index (χ4n) is 2.41. The summed E-state index contributed by atoms with van der Waals surface area (Å²) in [6.45, 7) is 1.67. The van der Waals surface area contributed by atoms with Crippen molar-refractivity contribution < 1.29 is 22.5 Å². The highest BCUT2D eigenvalue weighted by atomic mass is 32.2. The molecule has 0 spiro atoms. The van der Waals surface area contributed by atoms with Crippen molar-refractivity contribution in [1.29, 1.82) is 0 Å². The summed E-state index contributed by atoms with van der Waals surface area (Å²) in [4.78, 5) is 15.9. The number of aromatic nitrogens is 2. The SMILES string of the molecule is CCc1noc(COC(=O)CCNS(=O)(=O)c2ccc3ccccc3c2)n1. The predicted octanol–water partition coefficient (Wildman–Crippen LogP) is 2.20. The molecule has 0 saturated heterocycles. The molecule has 1 aromatic heterocycles. The van der Waals surface area contributed by atoms with Crippen LogP contribution >= 0.6 is 0 Å². The van der Waals surface area contributed by atoms with E-state index in [1.807, 2.05) is 31.2 Å². The van der Waals surface area contributed by atoms with Gasteiger partial charge in [0.05, 0.1) is 11.3 Å². The van der Waals surface area contributed by atoms with Crippen LogP contribution in [-0.4, -0.2) is 31.1 Å². The highest BCUT2D eigenvalue weighted by molar-refractivity contribution is 7.89. The fraction of sp³-hybridized carbons (Fsp3) is 0.278. The first-order chi connectivity index (χ1) is 13.0. The Labute approximate surface area is 156 Å². The summed E-state index contributed by atoms with van der Waals surface area (Å²) in [5.74, 6) is 0.175. The molecule has 1 heterocycles. The van der Waals surface area contributed by atoms with Crippen molar-refractivity contribution in [2.75, 3.05) is 6.54 Å². The summed E-state index contributed by atoms with van der Waals surface area (Å²) in [5.41, 5.74) is 0. The molecule has 0 atom stereocenters. The molecular formula is C18H19N3O5S. The average Bonchev–Trinajstić information content (AvgIpc) is 3.14. The maximum atomic E-state index is 12.4. The Hall–Kier alpha value is -2.78. The quantitative estimate of drug-likeness (QED) is 0.588. The molecule has 0 aliphatic heterocycles. The van der Waals surface area contributed by atoms with Crippen LogP contribution in [0.5, 0.6) is 0 Å². The summed E-state index contributed by atoms with van der Waals surface area (Å²) < 4.78 is 37.1. The molecule has 27 heavy (non-hydrogen) atoms. The largest absolute Gasteiger partial charge is 0.456 e. The molecule has 1 N–H and O–H groups in total. The maximum absolute atomic E-state index is 12.4. The number of esters is 1. The van der Waals surface area contributed by atoms with E-state index in [2.05, 4.69) is 14.9 Å². The van der Waals surface area contributed by atoms with Crippen LogP contribution in [0.1, 0.15) is 25.1 Å². The molecule has 0 unspecified atom stereocenters. The van der Waals surface area contributed by atoms with Crippen molar-refractivity contribution >= 4 is 26.8 Å². The molecule has 8 nitrogen and oxygen atoms in total. The fourth-order valence-corrected chi connectivity index (χ4v) is 3.48. The van der Waals surface area contributed by atoms with Crippen molar-refractivity contribution in [3.63, 3.8) is 0 Å². The van der Waals surface area contributed by atoms with Crippen LogP contribution in [-0.2, 0) is 32.6 Å². The molecule has 0 bridgehead atoms. The van der Waals surface area contributed by atoms with Gasteiger partial charge >= 0.3 is 5.97 Å². The number of sulfonamides is 1. The van der Waals surface area contributed by atoms with Gasteiger partial charge in [0.2, 0.25) is 10.0 Å². The Kier molecular flexibility index (Phi) is 5.82. The van der Waals surface area contributed by atoms with E-state index in [1.54, 1.807) is 12.1 Å². The van der Waals surface area contributed by atoms with Crippen molar-refractivity contribution in [1.82, 2.24) is 14.9 Å². The van der Waals surface area contributed by atoms with Crippen LogP contribution < -0.4 is 4.72 Å². The van der Waals surface area contributed by atoms with E-state index in [1.165, 1.54) is 6.07 Å². The third-order valence-corrected chi connectivity index (χ3v) is 5.29. The van der Waals surface area contributed by atoms with Crippen molar-refractivity contribution in [3.8, 4) is 0 Å². The summed E-state index contributed by atoms with van der Waals surface area (Å²) in [5, 5.41) is 5.47. The second-order valence-corrected chi connectivity index (χ2v) is 7.54. The number of hydrogen-bond donors (Lipinski definition) is 1. The van der Waals surface area contributed by atoms with Gasteiger partial charge in [0, 0.05) is 13.0 Å². The van der Waals surface area contributed by atoms with Crippen molar-refractivity contribution in [3.05, 3.63) is 54.2 Å². The van der Waals surface area contributed by atoms with Crippen molar-refractivity contribution in [2.24, 2.45) is 0 Å². The van der Waals surface area contributed by atoms with Gasteiger partial charge in [-0.1, -0.05) is 42.4 Å². The molecule has 0 amide bonds. The van der Waals surface area contributed by atoms with E-state index in [9.17, 15) is 13.2 Å². The monoisotopic (exact) mass is 389 g/mol. The Morgan fingerprint density at radius 1 is 1.19 bits per heavy atom. The number of rotatable bonds is 8. The molecule has 142 valence electrons. The highest BCUT2D eigenvalue weighted by Crippen LogP contribution is 2.18. The molecule has 0 aliphatic carbocycles. The number of aryl methyl sites for hydroxylation is 1. The minimum absolute atomic E-state index is 0.0714. The number of fused-ring (bicyclic) bond motifs is 1. The lowest BCUT2D eigenvalue weighted by molar-refractivity contribution is -0.145. The van der Waals surface area contributed by atoms with Crippen LogP contribution in [0.3, 0.4) is 0 Å². The Bertz CT molecular complexity index is 1050. The van der Waals surface area contributed by atoms with Gasteiger partial charge in [0.1, 0.15) is 0 Å². The Morgan fingerprint density at radius 2 is 1.96 bits per heavy atom. The summed E-state index contributed by atoms with van der Waals surface area (Å²) in [7, 11) is -3.71. The van der Waals surface area contributed by atoms with E-state index in [0.717, 1.165) is 10.8 Å². The van der Waals surface area contributed by atoms with Crippen LogP contribution in [0.2, 0.25) is 0 Å². The van der Waals surface area contributed by atoms with Gasteiger partial charge < -0.3 is 9.26 Å². The van der Waals surface area contributed by atoms with Crippen molar-refractivity contribution in [2.45, 2.75) is 31.3 Å². The number of nitrogens with one attached hydrogen (secondary N) is 1. The molecule has 2 aromatic carbocycles. The minimum atomic E-state index is -3.71. The lowest BCUT2D eigenvalue weighted by atomic mass is 10.1. The molecule has 3 rings (SSSR count). The lowest BCUT2D eigenvalue weighted by Crippen LogP contribution is -2.26. The molecule has 0 saturated carbocycles. The third kappa shape index (κ3) is 4.89. The van der Waals surface area contributed by atoms with E-state index in [4.69, 9.17) is 9.26 Å². The number of benzene rings is 2. The number of carbonyl (C=O) groups is 1. The van der Waals surface area contributed by atoms with Crippen LogP contribution in [0, 0.1) is 0 Å². The van der Waals surface area contributed by atoms with Crippen LogP contribution in [0.15, 0.2) is 51.9 Å². The van der Waals surface area contributed by atoms with Gasteiger partial charge in [-0.25, -0.2) is 13.1 Å². The molecule has 9 heteroatoms. The minimum Gasteiger partial charge on any atom is -0.456 e. The zero-order chi connectivity index (χ0) is 19.3. The second-order valence-electron chi connectivity index (χ2n) is 5.78. The molecule has 0 fully saturated rings. The molecule has 0 aliphatic rings. The first-order valence-corrected chi connectivity index (χ1v) is 9.92. The topological polar surface area (TPSA) is 111 Å². The number of ether oxygens (including phenoxy) is 1. The molecular weight excluding hydrogens is 370 g/mol. The van der Waals surface area contributed by atoms with E-state index in [0.29, 0.717) is 12.2 Å². The van der Waals surface area contributed by atoms with E-state index in [-0.39, 0.29) is 30.4 Å². The maximum Gasteiger partial charge on any atom is 0.307 e. The average molecular weight is 389 g/mol. The number of carbonyl (C=O) groups excluding carboxylic acids is 1. The van der Waals surface area contributed by atoms with E-state index < -0.39 is 16.0 Å². The van der Waals surface area contributed by atoms with Crippen LogP contribution in [0.25, 0.3) is 10.8 Å². The summed E-state index contributed by atoms with van der Waals surface area (Å²) in [6.07, 6.45) is 0.510. The normalized spacial score (nSPS) is 11.6. The third-order valence-electron chi connectivity index (χ3n) is 3.84. The zero-order valence-corrected chi connectivity index (χ0v) is 15.5. The summed E-state index contributed by atoms with van der Waals surface area (Å²) in [6, 6.07) is 12.3. The van der Waals surface area contributed by atoms with Gasteiger partial charge in [-0.3, -0.25) is 4.79 Å². The van der Waals surface area contributed by atoms with Gasteiger partial charge in [-0.2, -0.15) is 4.98 Å². The highest BCUT2D eigenvalue weighted by Gasteiger charge is 2.15. The zero-order valence-electron chi connectivity index (χ0n) is 14.7. The first-order valence-electron chi connectivity index (χ1n) is 8.43. The lowest BCUT2D eigenvalue weighted by Gasteiger charge is -2.08. The van der Waals surface area contributed by atoms with Gasteiger partial charge in [0.25, 0.3) is 5.89 Å². The number of nitrogens with zero attached hydrogens (tertiary/aromatic N) is 2. The van der Waals surface area contributed by atoms with Gasteiger partial charge in [-0.15, -0.1) is 0 Å². The second kappa shape index (κ2) is 8.28. The number of hydrogen-bond acceptors (Lipinski definition) is 7. The molecule has 0 radical (unpaired) electrons. The van der Waals surface area contributed by atoms with Crippen LogP contribution in [0.4, 0.5) is 0 Å². The Morgan fingerprint density at radius 3 is 2.70 bits per heavy atom. The standard InChI is InChI=1S/C18H19N3O5S/c1-2-16-20-17(26-21-16)12-25-18(22)9-10-19-27(23,24)15-8-7-13-5-3-4-6-14(13)11-15/h3-8,11,19H,2,9-10,12H2,1H3. The van der Waals surface area contributed by atoms with E-state index >= 15 is 0 Å². The molecule has 3 aromatic rings.